The van der Waals surface area contributed by atoms with Crippen molar-refractivity contribution < 1.29 is 0 Å². The number of benzene rings is 1. The van der Waals surface area contributed by atoms with Crippen LogP contribution in [0.25, 0.3) is 33.5 Å². The maximum absolute atomic E-state index is 5.11. The average molecular weight is 343 g/mol. The zero-order valence-corrected chi connectivity index (χ0v) is 15.1. The molecule has 1 aliphatic carbocycles. The molecule has 0 saturated heterocycles. The van der Waals surface area contributed by atoms with Crippen molar-refractivity contribution >= 4 is 11.0 Å². The molecule has 3 aromatic heterocycles. The van der Waals surface area contributed by atoms with Crippen molar-refractivity contribution in [2.75, 3.05) is 0 Å². The molecule has 1 aromatic carbocycles. The summed E-state index contributed by atoms with van der Waals surface area (Å²) in [5, 5.41) is 11.9. The molecule has 0 amide bonds. The van der Waals surface area contributed by atoms with Crippen LogP contribution in [0.2, 0.25) is 0 Å². The Bertz CT molecular complexity index is 1120. The largest absolute Gasteiger partial charge is 0.276 e. The Kier molecular flexibility index (Phi) is 3.42. The second-order valence-electron chi connectivity index (χ2n) is 7.02. The van der Waals surface area contributed by atoms with E-state index in [4.69, 9.17) is 4.98 Å². The van der Waals surface area contributed by atoms with E-state index in [1.165, 1.54) is 35.1 Å². The van der Waals surface area contributed by atoms with Crippen molar-refractivity contribution in [2.45, 2.75) is 32.6 Å². The first kappa shape index (κ1) is 15.3. The fraction of sp³-hybridized carbons (Fsp3) is 0.286. The highest BCUT2D eigenvalue weighted by molar-refractivity contribution is 5.92. The van der Waals surface area contributed by atoms with Gasteiger partial charge in [0, 0.05) is 24.4 Å². The van der Waals surface area contributed by atoms with Crippen LogP contribution in [-0.2, 0) is 26.3 Å². The van der Waals surface area contributed by atoms with E-state index in [1.807, 2.05) is 19.4 Å². The van der Waals surface area contributed by atoms with Crippen molar-refractivity contribution in [3.63, 3.8) is 0 Å². The standard InChI is InChI=1S/C21H21N5/c1-3-13-10-18-21(20(25-24-18)15-11-22-26(2)12-15)23-19(13)17-9-5-7-14-6-4-8-16(14)17/h5,7,9-12H,3-4,6,8H2,1-2H3,(H,24,25). The van der Waals surface area contributed by atoms with E-state index in [0.717, 1.165) is 40.8 Å². The second-order valence-corrected chi connectivity index (χ2v) is 7.02. The highest BCUT2D eigenvalue weighted by Crippen LogP contribution is 2.35. The van der Waals surface area contributed by atoms with Crippen LogP contribution in [0.15, 0.2) is 36.7 Å². The van der Waals surface area contributed by atoms with E-state index < -0.39 is 0 Å². The molecule has 5 rings (SSSR count). The van der Waals surface area contributed by atoms with Crippen LogP contribution >= 0.6 is 0 Å². The third kappa shape index (κ3) is 2.27. The van der Waals surface area contributed by atoms with Crippen LogP contribution in [0.5, 0.6) is 0 Å². The number of fused-ring (bicyclic) bond motifs is 2. The van der Waals surface area contributed by atoms with Crippen molar-refractivity contribution in [1.29, 1.82) is 0 Å². The third-order valence-corrected chi connectivity index (χ3v) is 5.37. The minimum absolute atomic E-state index is 0.865. The molecule has 5 nitrogen and oxygen atoms in total. The quantitative estimate of drug-likeness (QED) is 0.610. The lowest BCUT2D eigenvalue weighted by molar-refractivity contribution is 0.768. The fourth-order valence-electron chi connectivity index (χ4n) is 4.08. The van der Waals surface area contributed by atoms with Crippen LogP contribution < -0.4 is 0 Å². The molecule has 0 bridgehead atoms. The topological polar surface area (TPSA) is 59.4 Å². The monoisotopic (exact) mass is 343 g/mol. The summed E-state index contributed by atoms with van der Waals surface area (Å²) in [7, 11) is 1.92. The second kappa shape index (κ2) is 5.80. The summed E-state index contributed by atoms with van der Waals surface area (Å²) in [5.74, 6) is 0. The first-order valence-electron chi connectivity index (χ1n) is 9.22. The predicted octanol–water partition coefficient (Wildman–Crippen LogP) is 4.08. The molecule has 4 aromatic rings. The maximum Gasteiger partial charge on any atom is 0.122 e. The number of H-pyrrole nitrogens is 1. The summed E-state index contributed by atoms with van der Waals surface area (Å²) in [6.45, 7) is 2.19. The van der Waals surface area contributed by atoms with Crippen LogP contribution in [0.1, 0.15) is 30.0 Å². The molecule has 0 unspecified atom stereocenters. The Hall–Kier alpha value is -2.95. The van der Waals surface area contributed by atoms with E-state index in [1.54, 1.807) is 4.68 Å². The third-order valence-electron chi connectivity index (χ3n) is 5.37. The first-order chi connectivity index (χ1) is 12.7. The average Bonchev–Trinajstić information content (AvgIpc) is 3.38. The molecule has 0 atom stereocenters. The van der Waals surface area contributed by atoms with Gasteiger partial charge in [0.05, 0.1) is 17.4 Å². The summed E-state index contributed by atoms with van der Waals surface area (Å²) in [5.41, 5.74) is 10.4. The number of hydrogen-bond acceptors (Lipinski definition) is 3. The van der Waals surface area contributed by atoms with Gasteiger partial charge in [0.25, 0.3) is 0 Å². The molecule has 0 saturated carbocycles. The lowest BCUT2D eigenvalue weighted by Crippen LogP contribution is -1.97. The zero-order valence-electron chi connectivity index (χ0n) is 15.1. The lowest BCUT2D eigenvalue weighted by Gasteiger charge is -2.12. The molecular weight excluding hydrogens is 322 g/mol. The van der Waals surface area contributed by atoms with E-state index in [0.29, 0.717) is 0 Å². The number of aryl methyl sites for hydroxylation is 3. The zero-order chi connectivity index (χ0) is 17.7. The molecule has 0 radical (unpaired) electrons. The van der Waals surface area contributed by atoms with Crippen molar-refractivity contribution in [2.24, 2.45) is 7.05 Å². The number of hydrogen-bond donors (Lipinski definition) is 1. The van der Waals surface area contributed by atoms with Crippen molar-refractivity contribution in [3.8, 4) is 22.5 Å². The van der Waals surface area contributed by atoms with E-state index in [2.05, 4.69) is 46.5 Å². The fourth-order valence-corrected chi connectivity index (χ4v) is 4.08. The van der Waals surface area contributed by atoms with E-state index in [-0.39, 0.29) is 0 Å². The normalized spacial score (nSPS) is 13.5. The number of rotatable bonds is 3. The summed E-state index contributed by atoms with van der Waals surface area (Å²) in [6, 6.07) is 8.86. The van der Waals surface area contributed by atoms with Gasteiger partial charge < -0.3 is 0 Å². The molecule has 1 aliphatic rings. The number of aromatic amines is 1. The van der Waals surface area contributed by atoms with Gasteiger partial charge in [-0.2, -0.15) is 10.2 Å². The maximum atomic E-state index is 5.11. The molecule has 0 aliphatic heterocycles. The van der Waals surface area contributed by atoms with Crippen LogP contribution in [-0.4, -0.2) is 25.0 Å². The van der Waals surface area contributed by atoms with Gasteiger partial charge in [0.15, 0.2) is 0 Å². The molecule has 1 N–H and O–H groups in total. The van der Waals surface area contributed by atoms with Gasteiger partial charge in [-0.05, 0) is 48.4 Å². The Balaban J connectivity index is 1.76. The number of nitrogens with one attached hydrogen (secondary N) is 1. The van der Waals surface area contributed by atoms with Gasteiger partial charge >= 0.3 is 0 Å². The Morgan fingerprint density at radius 2 is 2.12 bits per heavy atom. The SMILES string of the molecule is CCc1cc2[nH]nc(-c3cnn(C)c3)c2nc1-c1cccc2c1CCC2. The Labute approximate surface area is 152 Å². The minimum Gasteiger partial charge on any atom is -0.276 e. The molecule has 130 valence electrons. The first-order valence-corrected chi connectivity index (χ1v) is 9.22. The molecular formula is C21H21N5. The number of nitrogens with zero attached hydrogens (tertiary/aromatic N) is 4. The van der Waals surface area contributed by atoms with E-state index in [9.17, 15) is 0 Å². The van der Waals surface area contributed by atoms with Crippen molar-refractivity contribution in [1.82, 2.24) is 25.0 Å². The Morgan fingerprint density at radius 1 is 1.19 bits per heavy atom. The molecule has 3 heterocycles. The number of aromatic nitrogens is 5. The smallest absolute Gasteiger partial charge is 0.122 e. The van der Waals surface area contributed by atoms with Gasteiger partial charge in [-0.25, -0.2) is 4.98 Å². The summed E-state index contributed by atoms with van der Waals surface area (Å²) in [4.78, 5) is 5.11. The van der Waals surface area contributed by atoms with Crippen LogP contribution in [0, 0.1) is 0 Å². The molecule has 26 heavy (non-hydrogen) atoms. The van der Waals surface area contributed by atoms with Crippen molar-refractivity contribution in [3.05, 3.63) is 53.3 Å². The van der Waals surface area contributed by atoms with E-state index >= 15 is 0 Å². The number of pyridine rings is 1. The predicted molar refractivity (Wildman–Crippen MR) is 103 cm³/mol. The minimum atomic E-state index is 0.865. The van der Waals surface area contributed by atoms with Gasteiger partial charge in [0.2, 0.25) is 0 Å². The van der Waals surface area contributed by atoms with Crippen LogP contribution in [0.3, 0.4) is 0 Å². The molecule has 0 spiro atoms. The van der Waals surface area contributed by atoms with Gasteiger partial charge in [-0.15, -0.1) is 0 Å². The highest BCUT2D eigenvalue weighted by atomic mass is 15.2. The van der Waals surface area contributed by atoms with Crippen LogP contribution in [0.4, 0.5) is 0 Å². The summed E-state index contributed by atoms with van der Waals surface area (Å²) in [6.07, 6.45) is 8.33. The van der Waals surface area contributed by atoms with Gasteiger partial charge in [-0.3, -0.25) is 9.78 Å². The van der Waals surface area contributed by atoms with Gasteiger partial charge in [0.1, 0.15) is 11.2 Å². The Morgan fingerprint density at radius 3 is 2.92 bits per heavy atom. The molecule has 5 heteroatoms. The summed E-state index contributed by atoms with van der Waals surface area (Å²) >= 11 is 0. The highest BCUT2D eigenvalue weighted by Gasteiger charge is 2.20. The van der Waals surface area contributed by atoms with Gasteiger partial charge in [-0.1, -0.05) is 25.1 Å². The summed E-state index contributed by atoms with van der Waals surface area (Å²) < 4.78 is 1.79. The lowest BCUT2D eigenvalue weighted by atomic mass is 9.96. The molecule has 0 fully saturated rings.